The molecule has 1 fully saturated rings. The molecule has 2 aromatic rings. The summed E-state index contributed by atoms with van der Waals surface area (Å²) >= 11 is 1.28. The van der Waals surface area contributed by atoms with E-state index in [4.69, 9.17) is 10.5 Å². The van der Waals surface area contributed by atoms with Crippen molar-refractivity contribution in [3.05, 3.63) is 52.8 Å². The van der Waals surface area contributed by atoms with Crippen molar-refractivity contribution in [1.29, 1.82) is 0 Å². The second kappa shape index (κ2) is 7.34. The minimum Gasteiger partial charge on any atom is -0.498 e. The van der Waals surface area contributed by atoms with Gasteiger partial charge in [0.1, 0.15) is 11.9 Å². The second-order valence-electron chi connectivity index (χ2n) is 8.79. The van der Waals surface area contributed by atoms with Crippen LogP contribution in [-0.4, -0.2) is 35.3 Å². The van der Waals surface area contributed by atoms with Gasteiger partial charge >= 0.3 is 5.69 Å². The van der Waals surface area contributed by atoms with Gasteiger partial charge in [-0.3, -0.25) is 14.3 Å². The highest BCUT2D eigenvalue weighted by molar-refractivity contribution is 7.12. The minimum absolute atomic E-state index is 0.0836. The number of hydrogen-bond donors (Lipinski definition) is 2. The number of rotatable bonds is 4. The Hall–Kier alpha value is -2.33. The van der Waals surface area contributed by atoms with Gasteiger partial charge in [0, 0.05) is 28.8 Å². The maximum atomic E-state index is 15.8. The van der Waals surface area contributed by atoms with Crippen molar-refractivity contribution >= 4 is 22.7 Å². The number of nitrogens with two attached hydrogens (primary N) is 1. The summed E-state index contributed by atoms with van der Waals surface area (Å²) in [6, 6.07) is 1.53. The van der Waals surface area contributed by atoms with Gasteiger partial charge in [-0.05, 0) is 43.4 Å². The quantitative estimate of drug-likeness (QED) is 0.715. The molecule has 6 nitrogen and oxygen atoms in total. The molecule has 0 aliphatic heterocycles. The Kier molecular flexibility index (Phi) is 4.94. The predicted octanol–water partition coefficient (Wildman–Crippen LogP) is 1.62. The molecule has 0 bridgehead atoms. The Morgan fingerprint density at radius 2 is 2.06 bits per heavy atom. The zero-order chi connectivity index (χ0) is 22.9. The molecule has 1 saturated carbocycles. The van der Waals surface area contributed by atoms with E-state index in [2.05, 4.69) is 4.98 Å². The summed E-state index contributed by atoms with van der Waals surface area (Å²) < 4.78 is 51.9. The van der Waals surface area contributed by atoms with Gasteiger partial charge in [-0.1, -0.05) is 0 Å². The van der Waals surface area contributed by atoms with Crippen LogP contribution in [0.25, 0.3) is 11.3 Å². The van der Waals surface area contributed by atoms with Crippen LogP contribution in [0.5, 0.6) is 0 Å². The summed E-state index contributed by atoms with van der Waals surface area (Å²) in [4.78, 5) is 28.9. The maximum Gasteiger partial charge on any atom is 0.329 e. The first kappa shape index (κ1) is 21.5. The lowest BCUT2D eigenvalue weighted by Crippen LogP contribution is -2.58. The molecule has 5 rings (SSSR count). The molecule has 2 aromatic heterocycles. The van der Waals surface area contributed by atoms with Crippen LogP contribution in [0, 0.1) is 0 Å². The standard InChI is InChI=1S/C22H24F3N3O3S/c1-9-15-18(28(10-3-4-10)21(30)27-20(15)29)19(31-2)16(17(9)23)14-7-11-12(8-26)22(24,25)6-5-13(11)32-14/h7,10,12,16-17H,3-6,8,26H2,1-2H3,(H,27,29,30). The van der Waals surface area contributed by atoms with Gasteiger partial charge in [0.25, 0.3) is 11.5 Å². The number of aryl methyl sites for hydroxylation is 1. The van der Waals surface area contributed by atoms with Crippen LogP contribution < -0.4 is 27.6 Å². The molecule has 0 saturated heterocycles. The van der Waals surface area contributed by atoms with E-state index in [0.717, 1.165) is 17.7 Å². The van der Waals surface area contributed by atoms with E-state index in [9.17, 15) is 18.4 Å². The summed E-state index contributed by atoms with van der Waals surface area (Å²) in [7, 11) is 1.38. The third-order valence-electron chi connectivity index (χ3n) is 6.87. The summed E-state index contributed by atoms with van der Waals surface area (Å²) in [6.45, 7) is 1.33. The lowest BCUT2D eigenvalue weighted by Gasteiger charge is -2.30. The number of hydrogen-bond acceptors (Lipinski definition) is 5. The summed E-state index contributed by atoms with van der Waals surface area (Å²) in [5.74, 6) is -4.78. The van der Waals surface area contributed by atoms with Crippen LogP contribution in [0.1, 0.15) is 59.4 Å². The Labute approximate surface area is 185 Å². The number of fused-ring (bicyclic) bond motifs is 2. The number of nitrogens with one attached hydrogen (secondary N) is 1. The number of alkyl halides is 3. The van der Waals surface area contributed by atoms with Gasteiger partial charge in [0.2, 0.25) is 0 Å². The normalized spacial score (nSPS) is 26.6. The highest BCUT2D eigenvalue weighted by Crippen LogP contribution is 2.49. The van der Waals surface area contributed by atoms with Gasteiger partial charge in [-0.2, -0.15) is 0 Å². The van der Waals surface area contributed by atoms with Crippen molar-refractivity contribution in [3.8, 4) is 0 Å². The van der Waals surface area contributed by atoms with Gasteiger partial charge in [0.15, 0.2) is 0 Å². The smallest absolute Gasteiger partial charge is 0.329 e. The van der Waals surface area contributed by atoms with Crippen LogP contribution in [0.15, 0.2) is 15.7 Å². The zero-order valence-electron chi connectivity index (χ0n) is 17.7. The summed E-state index contributed by atoms with van der Waals surface area (Å²) in [5.41, 5.74) is 5.14. The van der Waals surface area contributed by atoms with Crippen LogP contribution in [0.4, 0.5) is 13.2 Å². The molecule has 32 heavy (non-hydrogen) atoms. The van der Waals surface area contributed by atoms with Crippen molar-refractivity contribution < 1.29 is 17.9 Å². The highest BCUT2D eigenvalue weighted by Gasteiger charge is 2.46. The zero-order valence-corrected chi connectivity index (χ0v) is 18.5. The largest absolute Gasteiger partial charge is 0.498 e. The second-order valence-corrected chi connectivity index (χ2v) is 9.96. The first-order valence-corrected chi connectivity index (χ1v) is 11.5. The molecule has 3 aliphatic rings. The molecule has 3 N–H and O–H groups in total. The molecule has 2 heterocycles. The monoisotopic (exact) mass is 467 g/mol. The fraction of sp³-hybridized carbons (Fsp3) is 0.545. The van der Waals surface area contributed by atoms with Gasteiger partial charge in [0.05, 0.1) is 29.5 Å². The average Bonchev–Trinajstić information content (AvgIpc) is 3.48. The molecule has 3 aliphatic carbocycles. The molecule has 3 unspecified atom stereocenters. The maximum absolute atomic E-state index is 15.8. The number of halogens is 3. The fourth-order valence-electron chi connectivity index (χ4n) is 5.09. The first-order valence-electron chi connectivity index (χ1n) is 10.7. The van der Waals surface area contributed by atoms with Crippen LogP contribution in [0.3, 0.4) is 0 Å². The summed E-state index contributed by atoms with van der Waals surface area (Å²) in [6.07, 6.45) is -0.143. The number of aromatic amines is 1. The summed E-state index contributed by atoms with van der Waals surface area (Å²) in [5, 5.41) is 0.414. The van der Waals surface area contributed by atoms with Crippen molar-refractivity contribution in [3.63, 3.8) is 0 Å². The number of methoxy groups -OCH3 is 1. The molecule has 10 heteroatoms. The van der Waals surface area contributed by atoms with E-state index < -0.39 is 35.2 Å². The molecule has 0 amide bonds. The molecule has 0 spiro atoms. The van der Waals surface area contributed by atoms with Crippen molar-refractivity contribution in [1.82, 2.24) is 9.55 Å². The van der Waals surface area contributed by atoms with E-state index >= 15 is 4.39 Å². The van der Waals surface area contributed by atoms with Gasteiger partial charge in [-0.25, -0.2) is 18.0 Å². The van der Waals surface area contributed by atoms with Gasteiger partial charge in [-0.15, -0.1) is 11.3 Å². The van der Waals surface area contributed by atoms with Crippen molar-refractivity contribution in [2.45, 2.75) is 62.6 Å². The number of aromatic nitrogens is 2. The lowest BCUT2D eigenvalue weighted by molar-refractivity contribution is -0.0381. The molecular formula is C22H24F3N3O3S. The Morgan fingerprint density at radius 3 is 2.69 bits per heavy atom. The van der Waals surface area contributed by atoms with Gasteiger partial charge < -0.3 is 10.5 Å². The SMILES string of the molecule is COC1=c2c(c(=O)[nH]c(=O)n2C2CC2)=C(C)C(F)C1c1cc2c(s1)CCC(F)(F)C2CN. The van der Waals surface area contributed by atoms with E-state index in [0.29, 0.717) is 15.8 Å². The molecule has 3 atom stereocenters. The Morgan fingerprint density at radius 1 is 1.34 bits per heavy atom. The topological polar surface area (TPSA) is 90.1 Å². The first-order chi connectivity index (χ1) is 15.2. The average molecular weight is 468 g/mol. The number of nitrogens with zero attached hydrogens (tertiary/aromatic N) is 1. The van der Waals surface area contributed by atoms with Crippen LogP contribution >= 0.6 is 11.3 Å². The molecular weight excluding hydrogens is 443 g/mol. The molecule has 172 valence electrons. The third-order valence-corrected chi connectivity index (χ3v) is 8.16. The number of ether oxygens (including phenoxy) is 1. The van der Waals surface area contributed by atoms with E-state index in [-0.39, 0.29) is 42.0 Å². The van der Waals surface area contributed by atoms with E-state index in [1.165, 1.54) is 29.9 Å². The van der Waals surface area contributed by atoms with E-state index in [1.54, 1.807) is 6.07 Å². The Balaban J connectivity index is 1.78. The minimum atomic E-state index is -2.91. The predicted molar refractivity (Wildman–Crippen MR) is 115 cm³/mol. The van der Waals surface area contributed by atoms with E-state index in [1.807, 2.05) is 0 Å². The number of thiophene rings is 1. The lowest BCUT2D eigenvalue weighted by atomic mass is 9.82. The van der Waals surface area contributed by atoms with Crippen LogP contribution in [0.2, 0.25) is 0 Å². The third kappa shape index (κ3) is 3.02. The highest BCUT2D eigenvalue weighted by atomic mass is 32.1. The number of H-pyrrole nitrogens is 1. The molecule has 0 aromatic carbocycles. The Bertz CT molecular complexity index is 1340. The van der Waals surface area contributed by atoms with Crippen molar-refractivity contribution in [2.75, 3.05) is 13.7 Å². The van der Waals surface area contributed by atoms with Crippen molar-refractivity contribution in [2.24, 2.45) is 5.73 Å². The fourth-order valence-corrected chi connectivity index (χ4v) is 6.44. The van der Waals surface area contributed by atoms with Crippen LogP contribution in [-0.2, 0) is 11.2 Å². The molecule has 0 radical (unpaired) electrons.